The van der Waals surface area contributed by atoms with Gasteiger partial charge in [-0.25, -0.2) is 14.4 Å². The number of aromatic carboxylic acids is 3. The number of hydrogen-bond donors (Lipinski definition) is 4. The average molecular weight is 301 g/mol. The van der Waals surface area contributed by atoms with E-state index in [1.807, 2.05) is 0 Å². The van der Waals surface area contributed by atoms with Crippen LogP contribution in [0, 0.1) is 6.07 Å². The summed E-state index contributed by atoms with van der Waals surface area (Å²) in [4.78, 5) is 33.4. The van der Waals surface area contributed by atoms with Crippen LogP contribution in [0.3, 0.4) is 0 Å². The SMILES string of the molecule is O=C(O)c1ccc(-c2[c]ccc(O)c2C(=O)O)cc1C(=O)O. The maximum atomic E-state index is 11.2. The Hall–Kier alpha value is -3.35. The second-order valence-electron chi connectivity index (χ2n) is 4.29. The zero-order chi connectivity index (χ0) is 16.4. The van der Waals surface area contributed by atoms with Gasteiger partial charge >= 0.3 is 17.9 Å². The molecule has 0 fully saturated rings. The van der Waals surface area contributed by atoms with E-state index in [2.05, 4.69) is 6.07 Å². The maximum absolute atomic E-state index is 11.2. The molecule has 4 N–H and O–H groups in total. The van der Waals surface area contributed by atoms with Gasteiger partial charge in [0, 0.05) is 5.56 Å². The number of rotatable bonds is 4. The average Bonchev–Trinajstić information content (AvgIpc) is 2.45. The highest BCUT2D eigenvalue weighted by Gasteiger charge is 2.21. The Kier molecular flexibility index (Phi) is 3.81. The van der Waals surface area contributed by atoms with E-state index < -0.39 is 40.3 Å². The van der Waals surface area contributed by atoms with Gasteiger partial charge in [0.05, 0.1) is 11.1 Å². The first kappa shape index (κ1) is 15.0. The van der Waals surface area contributed by atoms with Gasteiger partial charge in [-0.05, 0) is 29.8 Å². The highest BCUT2D eigenvalue weighted by atomic mass is 16.4. The van der Waals surface area contributed by atoms with Crippen molar-refractivity contribution in [1.82, 2.24) is 0 Å². The van der Waals surface area contributed by atoms with E-state index >= 15 is 0 Å². The normalized spacial score (nSPS) is 10.2. The summed E-state index contributed by atoms with van der Waals surface area (Å²) in [7, 11) is 0. The van der Waals surface area contributed by atoms with E-state index in [1.54, 1.807) is 0 Å². The van der Waals surface area contributed by atoms with Crippen molar-refractivity contribution in [2.24, 2.45) is 0 Å². The van der Waals surface area contributed by atoms with Crippen molar-refractivity contribution in [2.45, 2.75) is 0 Å². The Morgan fingerprint density at radius 2 is 1.50 bits per heavy atom. The van der Waals surface area contributed by atoms with E-state index in [1.165, 1.54) is 12.1 Å². The van der Waals surface area contributed by atoms with Crippen LogP contribution in [0.4, 0.5) is 0 Å². The summed E-state index contributed by atoms with van der Waals surface area (Å²) in [6, 6.07) is 8.37. The molecule has 2 aromatic carbocycles. The van der Waals surface area contributed by atoms with E-state index in [9.17, 15) is 19.5 Å². The molecule has 0 unspecified atom stereocenters. The molecule has 7 heteroatoms. The highest BCUT2D eigenvalue weighted by Crippen LogP contribution is 2.31. The van der Waals surface area contributed by atoms with Gasteiger partial charge in [-0.15, -0.1) is 0 Å². The highest BCUT2D eigenvalue weighted by molar-refractivity contribution is 6.04. The molecule has 0 atom stereocenters. The van der Waals surface area contributed by atoms with Crippen molar-refractivity contribution < 1.29 is 34.8 Å². The Morgan fingerprint density at radius 3 is 2.05 bits per heavy atom. The zero-order valence-corrected chi connectivity index (χ0v) is 10.9. The van der Waals surface area contributed by atoms with Crippen LogP contribution in [-0.4, -0.2) is 38.3 Å². The molecular formula is C15H9O7. The number of carbonyl (C=O) groups is 3. The minimum atomic E-state index is -1.46. The molecule has 2 rings (SSSR count). The van der Waals surface area contributed by atoms with Crippen LogP contribution in [0.2, 0.25) is 0 Å². The monoisotopic (exact) mass is 301 g/mol. The molecule has 0 heterocycles. The van der Waals surface area contributed by atoms with Crippen molar-refractivity contribution in [3.05, 3.63) is 53.1 Å². The van der Waals surface area contributed by atoms with Crippen LogP contribution in [0.1, 0.15) is 31.1 Å². The number of benzene rings is 2. The molecule has 7 nitrogen and oxygen atoms in total. The van der Waals surface area contributed by atoms with Crippen LogP contribution >= 0.6 is 0 Å². The standard InChI is InChI=1S/C15H9O7/c16-11-3-1-2-8(12(11)15(21)22)7-4-5-9(13(17)18)10(6-7)14(19)20/h1,3-6,16H,(H,17,18)(H,19,20)(H,21,22). The van der Waals surface area contributed by atoms with Crippen molar-refractivity contribution in [3.8, 4) is 16.9 Å². The second kappa shape index (κ2) is 5.57. The van der Waals surface area contributed by atoms with Crippen molar-refractivity contribution in [1.29, 1.82) is 0 Å². The van der Waals surface area contributed by atoms with Crippen molar-refractivity contribution >= 4 is 17.9 Å². The third kappa shape index (κ3) is 2.59. The lowest BCUT2D eigenvalue weighted by atomic mass is 9.95. The quantitative estimate of drug-likeness (QED) is 0.678. The Labute approximate surface area is 123 Å². The summed E-state index contributed by atoms with van der Waals surface area (Å²) in [6.07, 6.45) is 0. The summed E-state index contributed by atoms with van der Waals surface area (Å²) < 4.78 is 0. The number of carboxylic acids is 3. The maximum Gasteiger partial charge on any atom is 0.340 e. The predicted molar refractivity (Wildman–Crippen MR) is 73.3 cm³/mol. The van der Waals surface area contributed by atoms with Crippen LogP contribution in [-0.2, 0) is 0 Å². The first-order valence-corrected chi connectivity index (χ1v) is 5.91. The number of aromatic hydroxyl groups is 1. The fourth-order valence-electron chi connectivity index (χ4n) is 1.99. The van der Waals surface area contributed by atoms with Gasteiger partial charge < -0.3 is 20.4 Å². The smallest absolute Gasteiger partial charge is 0.340 e. The lowest BCUT2D eigenvalue weighted by molar-refractivity contribution is 0.0651. The van der Waals surface area contributed by atoms with Crippen LogP contribution < -0.4 is 0 Å². The first-order valence-electron chi connectivity index (χ1n) is 5.91. The number of phenols is 1. The number of hydrogen-bond acceptors (Lipinski definition) is 4. The van der Waals surface area contributed by atoms with Crippen LogP contribution in [0.5, 0.6) is 5.75 Å². The third-order valence-corrected chi connectivity index (χ3v) is 2.96. The van der Waals surface area contributed by atoms with E-state index in [0.717, 1.165) is 18.2 Å². The first-order chi connectivity index (χ1) is 10.3. The van der Waals surface area contributed by atoms with Gasteiger partial charge in [-0.3, -0.25) is 0 Å². The van der Waals surface area contributed by atoms with Gasteiger partial charge in [-0.2, -0.15) is 0 Å². The molecule has 0 aromatic heterocycles. The molecule has 22 heavy (non-hydrogen) atoms. The zero-order valence-electron chi connectivity index (χ0n) is 10.9. The molecule has 1 radical (unpaired) electrons. The fraction of sp³-hybridized carbons (Fsp3) is 0. The molecule has 0 aliphatic heterocycles. The predicted octanol–water partition coefficient (Wildman–Crippen LogP) is 1.95. The van der Waals surface area contributed by atoms with Gasteiger partial charge in [0.15, 0.2) is 0 Å². The molecule has 0 saturated heterocycles. The third-order valence-electron chi connectivity index (χ3n) is 2.96. The van der Waals surface area contributed by atoms with Crippen LogP contribution in [0.25, 0.3) is 11.1 Å². The van der Waals surface area contributed by atoms with Gasteiger partial charge in [0.2, 0.25) is 0 Å². The van der Waals surface area contributed by atoms with Gasteiger partial charge in [0.25, 0.3) is 0 Å². The topological polar surface area (TPSA) is 132 Å². The van der Waals surface area contributed by atoms with Crippen LogP contribution in [0.15, 0.2) is 30.3 Å². The van der Waals surface area contributed by atoms with Gasteiger partial charge in [0.1, 0.15) is 11.3 Å². The molecule has 0 saturated carbocycles. The molecule has 111 valence electrons. The Morgan fingerprint density at radius 1 is 0.864 bits per heavy atom. The molecule has 2 aromatic rings. The number of carboxylic acid groups (broad SMARTS) is 3. The Balaban J connectivity index is 2.72. The fourth-order valence-corrected chi connectivity index (χ4v) is 1.99. The molecule has 0 bridgehead atoms. The summed E-state index contributed by atoms with van der Waals surface area (Å²) in [5.41, 5.74) is -1.27. The van der Waals surface area contributed by atoms with Crippen molar-refractivity contribution in [2.75, 3.05) is 0 Å². The van der Waals surface area contributed by atoms with E-state index in [-0.39, 0.29) is 11.1 Å². The van der Waals surface area contributed by atoms with Crippen molar-refractivity contribution in [3.63, 3.8) is 0 Å². The lowest BCUT2D eigenvalue weighted by Gasteiger charge is -2.09. The molecule has 0 spiro atoms. The second-order valence-corrected chi connectivity index (χ2v) is 4.29. The minimum absolute atomic E-state index is 0.0352. The summed E-state index contributed by atoms with van der Waals surface area (Å²) >= 11 is 0. The van der Waals surface area contributed by atoms with E-state index in [0.29, 0.717) is 0 Å². The Bertz CT molecular complexity index is 792. The van der Waals surface area contributed by atoms with E-state index in [4.69, 9.17) is 15.3 Å². The summed E-state index contributed by atoms with van der Waals surface area (Å²) in [6.45, 7) is 0. The lowest BCUT2D eigenvalue weighted by Crippen LogP contribution is -2.08. The minimum Gasteiger partial charge on any atom is -0.507 e. The largest absolute Gasteiger partial charge is 0.507 e. The summed E-state index contributed by atoms with van der Waals surface area (Å²) in [5, 5.41) is 36.8. The molecule has 0 aliphatic carbocycles. The summed E-state index contributed by atoms with van der Waals surface area (Å²) in [5.74, 6) is -4.79. The molecule has 0 amide bonds. The molecular weight excluding hydrogens is 292 g/mol. The molecule has 0 aliphatic rings. The van der Waals surface area contributed by atoms with Gasteiger partial charge in [-0.1, -0.05) is 12.1 Å².